The van der Waals surface area contributed by atoms with Gasteiger partial charge in [0.2, 0.25) is 0 Å². The van der Waals surface area contributed by atoms with Crippen LogP contribution in [0.25, 0.3) is 21.9 Å². The molecule has 35 heavy (non-hydrogen) atoms. The maximum Gasteiger partial charge on any atom is 0.284 e. The summed E-state index contributed by atoms with van der Waals surface area (Å²) in [6.45, 7) is 4.85. The molecule has 0 aliphatic carbocycles. The molecule has 5 rings (SSSR count). The van der Waals surface area contributed by atoms with Gasteiger partial charge >= 0.3 is 0 Å². The summed E-state index contributed by atoms with van der Waals surface area (Å²) in [6.07, 6.45) is 4.66. The van der Waals surface area contributed by atoms with Gasteiger partial charge in [-0.1, -0.05) is 0 Å². The highest BCUT2D eigenvalue weighted by Crippen LogP contribution is 2.27. The zero-order chi connectivity index (χ0) is 24.4. The molecule has 1 fully saturated rings. The molecule has 0 radical (unpaired) electrons. The molecule has 1 saturated heterocycles. The van der Waals surface area contributed by atoms with E-state index in [0.717, 1.165) is 79.5 Å². The Morgan fingerprint density at radius 2 is 1.91 bits per heavy atom. The van der Waals surface area contributed by atoms with Crippen molar-refractivity contribution in [3.05, 3.63) is 70.5 Å². The van der Waals surface area contributed by atoms with Crippen LogP contribution in [0.5, 0.6) is 0 Å². The van der Waals surface area contributed by atoms with Crippen LogP contribution in [0.4, 0.5) is 5.69 Å². The first kappa shape index (κ1) is 22.6. The maximum absolute atomic E-state index is 11.4. The number of amides is 1. The highest BCUT2D eigenvalue weighted by Gasteiger charge is 2.18. The maximum atomic E-state index is 11.4. The fourth-order valence-corrected chi connectivity index (χ4v) is 4.85. The van der Waals surface area contributed by atoms with Crippen molar-refractivity contribution in [2.75, 3.05) is 37.6 Å². The fraction of sp³-hybridized carbons (Fsp3) is 0.308. The number of anilines is 1. The molecular formula is C26H26N6O3. The molecular weight excluding hydrogens is 444 g/mol. The fourth-order valence-electron chi connectivity index (χ4n) is 4.85. The number of nitrogens with two attached hydrogens (primary N) is 1. The van der Waals surface area contributed by atoms with Crippen molar-refractivity contribution in [1.29, 1.82) is 5.26 Å². The van der Waals surface area contributed by atoms with Gasteiger partial charge in [-0.05, 0) is 73.8 Å². The van der Waals surface area contributed by atoms with Crippen molar-refractivity contribution in [3.63, 3.8) is 0 Å². The summed E-state index contributed by atoms with van der Waals surface area (Å²) in [5.41, 5.74) is 9.48. The third-order valence-electron chi connectivity index (χ3n) is 6.74. The number of furan rings is 1. The predicted molar refractivity (Wildman–Crippen MR) is 134 cm³/mol. The van der Waals surface area contributed by atoms with E-state index in [2.05, 4.69) is 21.2 Å². The smallest absolute Gasteiger partial charge is 0.284 e. The number of nitroso groups, excluding NO2 is 1. The lowest BCUT2D eigenvalue weighted by molar-refractivity contribution is 0.0976. The lowest BCUT2D eigenvalue weighted by Gasteiger charge is -2.36. The van der Waals surface area contributed by atoms with Gasteiger partial charge in [0.25, 0.3) is 5.91 Å². The third-order valence-corrected chi connectivity index (χ3v) is 6.74. The Balaban J connectivity index is 1.13. The standard InChI is InChI=1S/C26H26N6O3/c27-16-18-4-6-23-22(13-18)19(17-32(23)29-34)3-1-2-8-30-9-11-31(12-10-30)21-5-7-24-20(14-21)15-25(35-24)26(28)33/h4-7,13-15,17H,1-3,8-12H2,(H2,28,33). The number of nitriles is 1. The Labute approximate surface area is 202 Å². The van der Waals surface area contributed by atoms with Gasteiger partial charge in [0.15, 0.2) is 5.76 Å². The van der Waals surface area contributed by atoms with Crippen LogP contribution >= 0.6 is 0 Å². The SMILES string of the molecule is N#Cc1ccc2c(c1)c(CCCCN1CCN(c3ccc4oc(C(N)=O)cc4c3)CC1)cn2N=O. The van der Waals surface area contributed by atoms with E-state index in [1.807, 2.05) is 24.3 Å². The molecule has 0 bridgehead atoms. The van der Waals surface area contributed by atoms with Crippen LogP contribution in [0.15, 0.2) is 58.4 Å². The second kappa shape index (κ2) is 9.60. The molecule has 4 aromatic rings. The Kier molecular flexibility index (Phi) is 6.21. The molecule has 2 aromatic carbocycles. The molecule has 178 valence electrons. The summed E-state index contributed by atoms with van der Waals surface area (Å²) in [5.74, 6) is -0.381. The lowest BCUT2D eigenvalue weighted by atomic mass is 10.1. The first-order chi connectivity index (χ1) is 17.1. The topological polar surface area (TPSA) is 121 Å². The average Bonchev–Trinajstić information content (AvgIpc) is 3.47. The average molecular weight is 471 g/mol. The number of hydrogen-bond donors (Lipinski definition) is 1. The zero-order valence-corrected chi connectivity index (χ0v) is 19.3. The summed E-state index contributed by atoms with van der Waals surface area (Å²) >= 11 is 0. The van der Waals surface area contributed by atoms with Gasteiger partial charge in [0.1, 0.15) is 5.58 Å². The van der Waals surface area contributed by atoms with Crippen molar-refractivity contribution in [2.45, 2.75) is 19.3 Å². The Hall–Kier alpha value is -4.16. The molecule has 1 amide bonds. The van der Waals surface area contributed by atoms with Crippen LogP contribution in [0.2, 0.25) is 0 Å². The zero-order valence-electron chi connectivity index (χ0n) is 19.3. The van der Waals surface area contributed by atoms with Gasteiger partial charge in [-0.3, -0.25) is 9.69 Å². The van der Waals surface area contributed by atoms with E-state index in [0.29, 0.717) is 11.1 Å². The molecule has 0 unspecified atom stereocenters. The highest BCUT2D eigenvalue weighted by molar-refractivity contribution is 5.95. The number of carbonyl (C=O) groups excluding carboxylic acids is 1. The van der Waals surface area contributed by atoms with Crippen LogP contribution < -0.4 is 10.6 Å². The number of carbonyl (C=O) groups is 1. The van der Waals surface area contributed by atoms with Crippen LogP contribution in [0.3, 0.4) is 0 Å². The summed E-state index contributed by atoms with van der Waals surface area (Å²) in [7, 11) is 0. The number of aromatic nitrogens is 1. The quantitative estimate of drug-likeness (QED) is 0.307. The van der Waals surface area contributed by atoms with Crippen LogP contribution in [0, 0.1) is 16.2 Å². The highest BCUT2D eigenvalue weighted by atomic mass is 16.3. The first-order valence-corrected chi connectivity index (χ1v) is 11.7. The molecule has 3 heterocycles. The van der Waals surface area contributed by atoms with Crippen molar-refractivity contribution in [1.82, 2.24) is 9.58 Å². The lowest BCUT2D eigenvalue weighted by Crippen LogP contribution is -2.46. The van der Waals surface area contributed by atoms with Crippen LogP contribution in [0.1, 0.15) is 34.5 Å². The molecule has 9 heteroatoms. The molecule has 0 atom stereocenters. The monoisotopic (exact) mass is 470 g/mol. The Morgan fingerprint density at radius 1 is 1.09 bits per heavy atom. The third kappa shape index (κ3) is 4.61. The Morgan fingerprint density at radius 3 is 2.66 bits per heavy atom. The van der Waals surface area contributed by atoms with Gasteiger partial charge < -0.3 is 15.1 Å². The van der Waals surface area contributed by atoms with Gasteiger partial charge in [0, 0.05) is 48.8 Å². The second-order valence-electron chi connectivity index (χ2n) is 8.91. The molecule has 2 aromatic heterocycles. The van der Waals surface area contributed by atoms with Crippen molar-refractivity contribution >= 4 is 33.5 Å². The van der Waals surface area contributed by atoms with E-state index in [1.54, 1.807) is 24.4 Å². The molecule has 2 N–H and O–H groups in total. The van der Waals surface area contributed by atoms with Crippen molar-refractivity contribution in [2.24, 2.45) is 11.0 Å². The predicted octanol–water partition coefficient (Wildman–Crippen LogP) is 4.03. The van der Waals surface area contributed by atoms with Crippen LogP contribution in [-0.4, -0.2) is 48.2 Å². The number of nitrogens with zero attached hydrogens (tertiary/aromatic N) is 5. The summed E-state index contributed by atoms with van der Waals surface area (Å²) in [5, 5.41) is 14.1. The minimum atomic E-state index is -0.561. The summed E-state index contributed by atoms with van der Waals surface area (Å²) in [4.78, 5) is 27.3. The molecule has 0 saturated carbocycles. The number of fused-ring (bicyclic) bond motifs is 2. The molecule has 1 aliphatic heterocycles. The number of benzene rings is 2. The summed E-state index contributed by atoms with van der Waals surface area (Å²) < 4.78 is 6.83. The number of primary amides is 1. The minimum Gasteiger partial charge on any atom is -0.451 e. The number of aryl methyl sites for hydroxylation is 1. The van der Waals surface area contributed by atoms with E-state index < -0.39 is 5.91 Å². The van der Waals surface area contributed by atoms with E-state index >= 15 is 0 Å². The molecule has 1 aliphatic rings. The first-order valence-electron chi connectivity index (χ1n) is 11.7. The molecule has 0 spiro atoms. The number of hydrogen-bond acceptors (Lipinski definition) is 7. The number of piperazine rings is 1. The van der Waals surface area contributed by atoms with E-state index in [4.69, 9.17) is 10.2 Å². The largest absolute Gasteiger partial charge is 0.451 e. The second-order valence-corrected chi connectivity index (χ2v) is 8.91. The summed E-state index contributed by atoms with van der Waals surface area (Å²) in [6, 6.07) is 15.1. The van der Waals surface area contributed by atoms with Gasteiger partial charge in [-0.25, -0.2) is 4.68 Å². The Bertz CT molecular complexity index is 1440. The minimum absolute atomic E-state index is 0.180. The van der Waals surface area contributed by atoms with E-state index in [-0.39, 0.29) is 5.76 Å². The number of rotatable bonds is 8. The van der Waals surface area contributed by atoms with Gasteiger partial charge in [-0.15, -0.1) is 4.91 Å². The van der Waals surface area contributed by atoms with Gasteiger partial charge in [-0.2, -0.15) is 5.26 Å². The van der Waals surface area contributed by atoms with E-state index in [9.17, 15) is 15.0 Å². The number of unbranched alkanes of at least 4 members (excludes halogenated alkanes) is 1. The molecule has 9 nitrogen and oxygen atoms in total. The van der Waals surface area contributed by atoms with Crippen LogP contribution in [-0.2, 0) is 6.42 Å². The van der Waals surface area contributed by atoms with E-state index in [1.165, 1.54) is 4.68 Å². The van der Waals surface area contributed by atoms with Gasteiger partial charge in [0.05, 0.1) is 22.4 Å². The van der Waals surface area contributed by atoms with Crippen molar-refractivity contribution < 1.29 is 9.21 Å². The van der Waals surface area contributed by atoms with Crippen molar-refractivity contribution in [3.8, 4) is 6.07 Å². The normalized spacial score (nSPS) is 14.4.